The molecule has 19 heavy (non-hydrogen) atoms. The maximum Gasteiger partial charge on any atom is 0.169 e. The Bertz CT molecular complexity index is 563. The molecule has 4 nitrogen and oxygen atoms in total. The number of nitrogen functional groups attached to an aromatic ring is 1. The second kappa shape index (κ2) is 5.21. The van der Waals surface area contributed by atoms with Crippen LogP contribution in [0.4, 0.5) is 10.2 Å². The van der Waals surface area contributed by atoms with Gasteiger partial charge in [0.05, 0.1) is 12.2 Å². The van der Waals surface area contributed by atoms with E-state index in [1.165, 1.54) is 25.0 Å². The van der Waals surface area contributed by atoms with Crippen LogP contribution in [0.3, 0.4) is 0 Å². The van der Waals surface area contributed by atoms with Gasteiger partial charge in [0.15, 0.2) is 5.82 Å². The van der Waals surface area contributed by atoms with Crippen molar-refractivity contribution in [3.8, 4) is 0 Å². The van der Waals surface area contributed by atoms with E-state index in [1.54, 1.807) is 23.9 Å². The van der Waals surface area contributed by atoms with Crippen LogP contribution in [0.5, 0.6) is 0 Å². The Hall–Kier alpha value is -1.56. The zero-order chi connectivity index (χ0) is 13.2. The third kappa shape index (κ3) is 2.89. The lowest BCUT2D eigenvalue weighted by Crippen LogP contribution is -2.07. The standard InChI is InChI=1S/C13H15FN4S/c14-10-3-5-11(6-4-10)19-8-7-18-12(9-1-2-9)13(15)16-17-18/h3-6,9H,1-2,7-8,15H2. The van der Waals surface area contributed by atoms with Gasteiger partial charge in [-0.2, -0.15) is 0 Å². The van der Waals surface area contributed by atoms with Crippen molar-refractivity contribution in [3.63, 3.8) is 0 Å². The molecule has 1 aliphatic carbocycles. The SMILES string of the molecule is Nc1nnn(CCSc2ccc(F)cc2)c1C1CC1. The minimum atomic E-state index is -0.204. The number of aromatic nitrogens is 3. The summed E-state index contributed by atoms with van der Waals surface area (Å²) >= 11 is 1.68. The summed E-state index contributed by atoms with van der Waals surface area (Å²) in [6.07, 6.45) is 2.37. The van der Waals surface area contributed by atoms with Gasteiger partial charge in [0, 0.05) is 16.6 Å². The van der Waals surface area contributed by atoms with Gasteiger partial charge in [-0.05, 0) is 37.1 Å². The minimum Gasteiger partial charge on any atom is -0.381 e. The molecule has 2 aromatic rings. The van der Waals surface area contributed by atoms with E-state index >= 15 is 0 Å². The van der Waals surface area contributed by atoms with Crippen molar-refractivity contribution in [2.75, 3.05) is 11.5 Å². The van der Waals surface area contributed by atoms with Gasteiger partial charge in [0.25, 0.3) is 0 Å². The maximum atomic E-state index is 12.8. The predicted octanol–water partition coefficient (Wildman–Crippen LogP) is 2.67. The number of halogens is 1. The number of aryl methyl sites for hydroxylation is 1. The Kier molecular flexibility index (Phi) is 3.42. The fourth-order valence-electron chi connectivity index (χ4n) is 2.06. The fourth-order valence-corrected chi connectivity index (χ4v) is 2.88. The topological polar surface area (TPSA) is 56.7 Å². The number of nitrogens with two attached hydrogens (primary N) is 1. The molecule has 100 valence electrons. The van der Waals surface area contributed by atoms with Gasteiger partial charge in [-0.25, -0.2) is 9.07 Å². The predicted molar refractivity (Wildman–Crippen MR) is 73.5 cm³/mol. The molecule has 0 atom stereocenters. The van der Waals surface area contributed by atoms with E-state index < -0.39 is 0 Å². The Morgan fingerprint density at radius 3 is 2.74 bits per heavy atom. The van der Waals surface area contributed by atoms with E-state index in [2.05, 4.69) is 10.3 Å². The monoisotopic (exact) mass is 278 g/mol. The van der Waals surface area contributed by atoms with Gasteiger partial charge < -0.3 is 5.73 Å². The molecule has 1 aliphatic rings. The van der Waals surface area contributed by atoms with Crippen molar-refractivity contribution in [3.05, 3.63) is 35.8 Å². The summed E-state index contributed by atoms with van der Waals surface area (Å²) in [5, 5.41) is 8.04. The van der Waals surface area contributed by atoms with E-state index in [0.717, 1.165) is 22.9 Å². The highest BCUT2D eigenvalue weighted by Crippen LogP contribution is 2.41. The summed E-state index contributed by atoms with van der Waals surface area (Å²) in [6, 6.07) is 6.53. The molecule has 1 heterocycles. The fraction of sp³-hybridized carbons (Fsp3) is 0.385. The zero-order valence-electron chi connectivity index (χ0n) is 10.4. The molecule has 1 aromatic heterocycles. The molecule has 0 radical (unpaired) electrons. The second-order valence-electron chi connectivity index (χ2n) is 4.66. The lowest BCUT2D eigenvalue weighted by molar-refractivity contribution is 0.603. The van der Waals surface area contributed by atoms with E-state index in [4.69, 9.17) is 5.73 Å². The smallest absolute Gasteiger partial charge is 0.169 e. The van der Waals surface area contributed by atoms with E-state index in [1.807, 2.05) is 4.68 Å². The number of hydrogen-bond donors (Lipinski definition) is 1. The summed E-state index contributed by atoms with van der Waals surface area (Å²) in [7, 11) is 0. The third-order valence-corrected chi connectivity index (χ3v) is 4.14. The van der Waals surface area contributed by atoms with Crippen molar-refractivity contribution >= 4 is 17.6 Å². The van der Waals surface area contributed by atoms with Crippen LogP contribution in [-0.4, -0.2) is 20.7 Å². The number of hydrogen-bond acceptors (Lipinski definition) is 4. The Morgan fingerprint density at radius 2 is 2.05 bits per heavy atom. The first kappa shape index (κ1) is 12.5. The lowest BCUT2D eigenvalue weighted by Gasteiger charge is -2.05. The average Bonchev–Trinajstić information content (AvgIpc) is 3.17. The molecular weight excluding hydrogens is 263 g/mol. The quantitative estimate of drug-likeness (QED) is 0.854. The molecule has 0 saturated heterocycles. The summed E-state index contributed by atoms with van der Waals surface area (Å²) in [5.41, 5.74) is 6.92. The van der Waals surface area contributed by atoms with Gasteiger partial charge in [-0.1, -0.05) is 5.21 Å². The molecule has 0 spiro atoms. The maximum absolute atomic E-state index is 12.8. The first-order valence-electron chi connectivity index (χ1n) is 6.31. The Balaban J connectivity index is 1.59. The van der Waals surface area contributed by atoms with Gasteiger partial charge in [-0.15, -0.1) is 16.9 Å². The van der Waals surface area contributed by atoms with Crippen LogP contribution in [0.25, 0.3) is 0 Å². The number of thioether (sulfide) groups is 1. The Labute approximate surface area is 115 Å². The first-order valence-corrected chi connectivity index (χ1v) is 7.30. The zero-order valence-corrected chi connectivity index (χ0v) is 11.2. The number of rotatable bonds is 5. The van der Waals surface area contributed by atoms with Gasteiger partial charge in [0.1, 0.15) is 5.82 Å². The van der Waals surface area contributed by atoms with E-state index in [-0.39, 0.29) is 5.82 Å². The van der Waals surface area contributed by atoms with Crippen LogP contribution in [0.15, 0.2) is 29.2 Å². The molecule has 2 N–H and O–H groups in total. The van der Waals surface area contributed by atoms with Crippen molar-refractivity contribution < 1.29 is 4.39 Å². The number of benzene rings is 1. The first-order chi connectivity index (χ1) is 9.24. The Morgan fingerprint density at radius 1 is 1.32 bits per heavy atom. The molecule has 0 bridgehead atoms. The normalized spacial score (nSPS) is 14.8. The molecule has 0 amide bonds. The molecular formula is C13H15FN4S. The van der Waals surface area contributed by atoms with Crippen molar-refractivity contribution in [2.24, 2.45) is 0 Å². The lowest BCUT2D eigenvalue weighted by atomic mass is 10.3. The van der Waals surface area contributed by atoms with E-state index in [0.29, 0.717) is 11.7 Å². The number of anilines is 1. The summed E-state index contributed by atoms with van der Waals surface area (Å²) in [6.45, 7) is 0.776. The van der Waals surface area contributed by atoms with Crippen molar-refractivity contribution in [2.45, 2.75) is 30.2 Å². The van der Waals surface area contributed by atoms with Crippen LogP contribution in [0, 0.1) is 5.82 Å². The van der Waals surface area contributed by atoms with Crippen LogP contribution in [0.1, 0.15) is 24.5 Å². The molecule has 1 fully saturated rings. The summed E-state index contributed by atoms with van der Waals surface area (Å²) < 4.78 is 14.7. The third-order valence-electron chi connectivity index (χ3n) is 3.15. The highest BCUT2D eigenvalue weighted by molar-refractivity contribution is 7.99. The highest BCUT2D eigenvalue weighted by Gasteiger charge is 2.30. The van der Waals surface area contributed by atoms with Crippen LogP contribution < -0.4 is 5.73 Å². The largest absolute Gasteiger partial charge is 0.381 e. The van der Waals surface area contributed by atoms with Crippen LogP contribution >= 0.6 is 11.8 Å². The van der Waals surface area contributed by atoms with Gasteiger partial charge in [0.2, 0.25) is 0 Å². The molecule has 0 aliphatic heterocycles. The molecule has 6 heteroatoms. The highest BCUT2D eigenvalue weighted by atomic mass is 32.2. The molecule has 1 aromatic carbocycles. The van der Waals surface area contributed by atoms with E-state index in [9.17, 15) is 4.39 Å². The summed E-state index contributed by atoms with van der Waals surface area (Å²) in [5.74, 6) is 1.78. The summed E-state index contributed by atoms with van der Waals surface area (Å²) in [4.78, 5) is 1.06. The van der Waals surface area contributed by atoms with Gasteiger partial charge >= 0.3 is 0 Å². The average molecular weight is 278 g/mol. The molecule has 0 unspecified atom stereocenters. The van der Waals surface area contributed by atoms with Crippen LogP contribution in [-0.2, 0) is 6.54 Å². The van der Waals surface area contributed by atoms with Crippen LogP contribution in [0.2, 0.25) is 0 Å². The van der Waals surface area contributed by atoms with Crippen molar-refractivity contribution in [1.29, 1.82) is 0 Å². The molecule has 1 saturated carbocycles. The van der Waals surface area contributed by atoms with Gasteiger partial charge in [-0.3, -0.25) is 0 Å². The molecule has 3 rings (SSSR count). The van der Waals surface area contributed by atoms with Crippen molar-refractivity contribution in [1.82, 2.24) is 15.0 Å². The number of nitrogens with zero attached hydrogens (tertiary/aromatic N) is 3. The minimum absolute atomic E-state index is 0.204. The second-order valence-corrected chi connectivity index (χ2v) is 5.83.